The average Bonchev–Trinajstić information content (AvgIpc) is 2.74. The Balaban J connectivity index is 2.14. The fourth-order valence-corrected chi connectivity index (χ4v) is 4.41. The molecule has 0 aromatic heterocycles. The number of carbonyl (C=O) groups excluding carboxylic acids is 1. The lowest BCUT2D eigenvalue weighted by atomic mass is 10.1. The van der Waals surface area contributed by atoms with Gasteiger partial charge in [-0.3, -0.25) is 4.79 Å². The monoisotopic (exact) mass is 462 g/mol. The van der Waals surface area contributed by atoms with E-state index in [9.17, 15) is 13.2 Å². The van der Waals surface area contributed by atoms with Crippen LogP contribution in [0.2, 0.25) is 0 Å². The maximum Gasteiger partial charge on any atom is 0.241 e. The molecule has 32 heavy (non-hydrogen) atoms. The second kappa shape index (κ2) is 12.6. The zero-order valence-corrected chi connectivity index (χ0v) is 20.1. The maximum atomic E-state index is 13.1. The molecule has 2 N–H and O–H groups in total. The Morgan fingerprint density at radius 3 is 2.44 bits per heavy atom. The summed E-state index contributed by atoms with van der Waals surface area (Å²) < 4.78 is 39.7. The van der Waals surface area contributed by atoms with Crippen molar-refractivity contribution in [2.75, 3.05) is 19.8 Å². The van der Waals surface area contributed by atoms with Gasteiger partial charge in [-0.05, 0) is 69.9 Å². The molecule has 1 atom stereocenters. The second-order valence-electron chi connectivity index (χ2n) is 7.79. The van der Waals surface area contributed by atoms with E-state index in [0.717, 1.165) is 5.56 Å². The fourth-order valence-electron chi connectivity index (χ4n) is 3.13. The predicted octanol–water partition coefficient (Wildman–Crippen LogP) is 3.21. The number of rotatable bonds is 13. The number of nitrogens with one attached hydrogen (secondary N) is 2. The van der Waals surface area contributed by atoms with Gasteiger partial charge >= 0.3 is 0 Å². The molecule has 0 radical (unpaired) electrons. The van der Waals surface area contributed by atoms with Gasteiger partial charge < -0.3 is 14.8 Å². The molecule has 2 aromatic rings. The Kier molecular flexibility index (Phi) is 10.2. The number of sulfonamides is 1. The zero-order chi connectivity index (χ0) is 23.6. The van der Waals surface area contributed by atoms with Crippen LogP contribution in [0.25, 0.3) is 0 Å². The molecule has 1 amide bonds. The van der Waals surface area contributed by atoms with Gasteiger partial charge in [0, 0.05) is 13.2 Å². The van der Waals surface area contributed by atoms with E-state index >= 15 is 0 Å². The first-order chi connectivity index (χ1) is 15.2. The number of ether oxygens (including phenoxy) is 2. The van der Waals surface area contributed by atoms with Gasteiger partial charge in [-0.15, -0.1) is 0 Å². The minimum atomic E-state index is -3.92. The molecule has 0 spiro atoms. The van der Waals surface area contributed by atoms with Crippen molar-refractivity contribution in [1.82, 2.24) is 10.0 Å². The Hall–Kier alpha value is -2.42. The largest absolute Gasteiger partial charge is 0.494 e. The van der Waals surface area contributed by atoms with Gasteiger partial charge in [0.05, 0.1) is 17.6 Å². The summed E-state index contributed by atoms with van der Waals surface area (Å²) in [6.45, 7) is 8.98. The van der Waals surface area contributed by atoms with Crippen LogP contribution in [-0.2, 0) is 26.0 Å². The van der Waals surface area contributed by atoms with E-state index in [1.165, 1.54) is 6.07 Å². The van der Waals surface area contributed by atoms with Crippen LogP contribution >= 0.6 is 0 Å². The highest BCUT2D eigenvalue weighted by Gasteiger charge is 2.26. The second-order valence-corrected chi connectivity index (χ2v) is 9.50. The van der Waals surface area contributed by atoms with E-state index in [1.54, 1.807) is 19.1 Å². The van der Waals surface area contributed by atoms with Gasteiger partial charge in [-0.2, -0.15) is 4.72 Å². The van der Waals surface area contributed by atoms with E-state index in [4.69, 9.17) is 9.47 Å². The van der Waals surface area contributed by atoms with Gasteiger partial charge in [-0.25, -0.2) is 8.42 Å². The van der Waals surface area contributed by atoms with Gasteiger partial charge in [0.2, 0.25) is 15.9 Å². The molecule has 2 rings (SSSR count). The van der Waals surface area contributed by atoms with Crippen molar-refractivity contribution < 1.29 is 22.7 Å². The normalized spacial score (nSPS) is 12.5. The molecule has 0 unspecified atom stereocenters. The van der Waals surface area contributed by atoms with Crippen molar-refractivity contribution in [2.45, 2.75) is 57.6 Å². The van der Waals surface area contributed by atoms with E-state index < -0.39 is 16.1 Å². The third-order valence-electron chi connectivity index (χ3n) is 4.72. The molecular weight excluding hydrogens is 428 g/mol. The van der Waals surface area contributed by atoms with Crippen LogP contribution in [0.5, 0.6) is 5.75 Å². The predicted molar refractivity (Wildman–Crippen MR) is 125 cm³/mol. The third-order valence-corrected chi connectivity index (χ3v) is 6.19. The molecule has 0 saturated heterocycles. The first-order valence-electron chi connectivity index (χ1n) is 10.9. The molecule has 0 aliphatic rings. The van der Waals surface area contributed by atoms with Crippen LogP contribution in [0.3, 0.4) is 0 Å². The number of carbonyl (C=O) groups is 1. The molecule has 0 aliphatic heterocycles. The van der Waals surface area contributed by atoms with Crippen molar-refractivity contribution in [1.29, 1.82) is 0 Å². The summed E-state index contributed by atoms with van der Waals surface area (Å²) in [7, 11) is -3.92. The van der Waals surface area contributed by atoms with Crippen LogP contribution in [0, 0.1) is 6.92 Å². The van der Waals surface area contributed by atoms with Crippen LogP contribution in [0.4, 0.5) is 0 Å². The molecule has 2 aromatic carbocycles. The molecule has 7 nitrogen and oxygen atoms in total. The Morgan fingerprint density at radius 1 is 1.09 bits per heavy atom. The van der Waals surface area contributed by atoms with Crippen molar-refractivity contribution in [2.24, 2.45) is 0 Å². The van der Waals surface area contributed by atoms with Crippen molar-refractivity contribution in [3.8, 4) is 5.75 Å². The molecule has 176 valence electrons. The topological polar surface area (TPSA) is 93.7 Å². The van der Waals surface area contributed by atoms with E-state index in [0.29, 0.717) is 37.5 Å². The molecule has 0 heterocycles. The molecular formula is C24H34N2O5S. The summed E-state index contributed by atoms with van der Waals surface area (Å²) in [5, 5.41) is 2.82. The lowest BCUT2D eigenvalue weighted by Crippen LogP contribution is -2.48. The highest BCUT2D eigenvalue weighted by molar-refractivity contribution is 7.89. The fraction of sp³-hybridized carbons (Fsp3) is 0.458. The highest BCUT2D eigenvalue weighted by atomic mass is 32.2. The first-order valence-corrected chi connectivity index (χ1v) is 12.4. The highest BCUT2D eigenvalue weighted by Crippen LogP contribution is 2.22. The standard InChI is InChI=1S/C24H34N2O5S/c1-5-30-23-13-12-21(16-19(23)4)32(28,29)26-22(17-20-10-7-6-8-11-20)24(27)25-14-9-15-31-18(2)3/h6-8,10-13,16,18,22,26H,5,9,14-15,17H2,1-4H3,(H,25,27)/t22-/m0/s1. The molecule has 0 aliphatic carbocycles. The summed E-state index contributed by atoms with van der Waals surface area (Å²) in [6.07, 6.45) is 1.01. The van der Waals surface area contributed by atoms with Crippen LogP contribution in [-0.4, -0.2) is 46.2 Å². The van der Waals surface area contributed by atoms with Gasteiger partial charge in [0.15, 0.2) is 0 Å². The Morgan fingerprint density at radius 2 is 1.81 bits per heavy atom. The Labute approximate surface area is 191 Å². The SMILES string of the molecule is CCOc1ccc(S(=O)(=O)N[C@@H](Cc2ccccc2)C(=O)NCCCOC(C)C)cc1C. The number of aryl methyl sites for hydroxylation is 1. The van der Waals surface area contributed by atoms with E-state index in [2.05, 4.69) is 10.0 Å². The lowest BCUT2D eigenvalue weighted by molar-refractivity contribution is -0.122. The van der Waals surface area contributed by atoms with Crippen molar-refractivity contribution in [3.63, 3.8) is 0 Å². The molecule has 8 heteroatoms. The molecule has 0 saturated carbocycles. The van der Waals surface area contributed by atoms with Gasteiger partial charge in [0.1, 0.15) is 11.8 Å². The first kappa shape index (κ1) is 25.8. The summed E-state index contributed by atoms with van der Waals surface area (Å²) in [4.78, 5) is 13.0. The van der Waals surface area contributed by atoms with Crippen LogP contribution < -0.4 is 14.8 Å². The summed E-state index contributed by atoms with van der Waals surface area (Å²) in [5.74, 6) is 0.262. The lowest BCUT2D eigenvalue weighted by Gasteiger charge is -2.19. The number of hydrogen-bond acceptors (Lipinski definition) is 5. The molecule has 0 bridgehead atoms. The van der Waals surface area contributed by atoms with Crippen LogP contribution in [0.1, 0.15) is 38.3 Å². The van der Waals surface area contributed by atoms with E-state index in [1.807, 2.05) is 51.1 Å². The average molecular weight is 463 g/mol. The van der Waals surface area contributed by atoms with Crippen molar-refractivity contribution in [3.05, 3.63) is 59.7 Å². The number of benzene rings is 2. The number of amides is 1. The van der Waals surface area contributed by atoms with E-state index in [-0.39, 0.29) is 23.3 Å². The number of hydrogen-bond donors (Lipinski definition) is 2. The van der Waals surface area contributed by atoms with Crippen molar-refractivity contribution >= 4 is 15.9 Å². The van der Waals surface area contributed by atoms with Gasteiger partial charge in [-0.1, -0.05) is 30.3 Å². The summed E-state index contributed by atoms with van der Waals surface area (Å²) in [6, 6.07) is 13.1. The minimum absolute atomic E-state index is 0.0923. The molecule has 0 fully saturated rings. The summed E-state index contributed by atoms with van der Waals surface area (Å²) in [5.41, 5.74) is 1.57. The quantitative estimate of drug-likeness (QED) is 0.446. The minimum Gasteiger partial charge on any atom is -0.494 e. The smallest absolute Gasteiger partial charge is 0.241 e. The third kappa shape index (κ3) is 8.26. The summed E-state index contributed by atoms with van der Waals surface area (Å²) >= 11 is 0. The van der Waals surface area contributed by atoms with Crippen LogP contribution in [0.15, 0.2) is 53.4 Å². The maximum absolute atomic E-state index is 13.1. The Bertz CT molecular complexity index is 962. The zero-order valence-electron chi connectivity index (χ0n) is 19.3. The van der Waals surface area contributed by atoms with Gasteiger partial charge in [0.25, 0.3) is 0 Å².